The number of allylic oxidation sites excluding steroid dienone is 3. The van der Waals surface area contributed by atoms with Gasteiger partial charge in [-0.3, -0.25) is 38.6 Å². The second kappa shape index (κ2) is 40.3. The second-order valence-corrected chi connectivity index (χ2v) is 56.1. The van der Waals surface area contributed by atoms with Crippen LogP contribution in [0.15, 0.2) is 39.9 Å². The van der Waals surface area contributed by atoms with Gasteiger partial charge in [-0.25, -0.2) is 0 Å². The molecule has 4 unspecified atom stereocenters. The maximum atomic E-state index is 14.4. The zero-order valence-corrected chi connectivity index (χ0v) is 95.3. The first-order chi connectivity index (χ1) is 67.1. The van der Waals surface area contributed by atoms with Gasteiger partial charge in [0.1, 0.15) is 23.1 Å². The lowest BCUT2D eigenvalue weighted by molar-refractivity contribution is -0.173. The zero-order valence-electron chi connectivity index (χ0n) is 95.3. The summed E-state index contributed by atoms with van der Waals surface area (Å²) >= 11 is 0. The van der Waals surface area contributed by atoms with Crippen molar-refractivity contribution in [2.75, 3.05) is 82.8 Å². The Hall–Kier alpha value is -4.66. The van der Waals surface area contributed by atoms with E-state index >= 15 is 0 Å². The van der Waals surface area contributed by atoms with E-state index in [-0.39, 0.29) is 246 Å². The van der Waals surface area contributed by atoms with Crippen LogP contribution in [0.25, 0.3) is 0 Å². The summed E-state index contributed by atoms with van der Waals surface area (Å²) in [4.78, 5) is 108. The van der Waals surface area contributed by atoms with E-state index in [1.807, 2.05) is 48.5 Å². The first-order valence-electron chi connectivity index (χ1n) is 57.6. The molecule has 0 saturated heterocycles. The van der Waals surface area contributed by atoms with Crippen LogP contribution in [-0.4, -0.2) is 258 Å². The molecule has 14 saturated carbocycles. The predicted molar refractivity (Wildman–Crippen MR) is 569 cm³/mol. The van der Waals surface area contributed by atoms with E-state index < -0.39 is 34.6 Å². The lowest BCUT2D eigenvalue weighted by Crippen LogP contribution is -2.64. The van der Waals surface area contributed by atoms with Crippen LogP contribution >= 0.6 is 0 Å². The van der Waals surface area contributed by atoms with E-state index in [2.05, 4.69) is 221 Å². The quantitative estimate of drug-likeness (QED) is 0.0506. The fourth-order valence-corrected chi connectivity index (χ4v) is 38.8. The third-order valence-corrected chi connectivity index (χ3v) is 49.8. The smallest absolute Gasteiger partial charge is 0.223 e. The molecule has 14 fully saturated rings. The van der Waals surface area contributed by atoms with Crippen molar-refractivity contribution in [2.45, 2.75) is 412 Å². The minimum absolute atomic E-state index is 0.0137. The van der Waals surface area contributed by atoms with Crippen molar-refractivity contribution in [1.82, 2.24) is 35.6 Å². The lowest BCUT2D eigenvalue weighted by Gasteiger charge is -2.63. The van der Waals surface area contributed by atoms with Crippen LogP contribution in [0.1, 0.15) is 339 Å². The Kier molecular flexibility index (Phi) is 31.8. The molecule has 44 atom stereocenters. The van der Waals surface area contributed by atoms with E-state index in [0.717, 1.165) is 154 Å². The number of rotatable bonds is 20. The molecule has 144 heavy (non-hydrogen) atoms. The first kappa shape index (κ1) is 113. The highest BCUT2D eigenvalue weighted by molar-refractivity contribution is 5.92. The molecule has 10 N–H and O–H groups in total. The Morgan fingerprint density at radius 2 is 0.729 bits per heavy atom. The van der Waals surface area contributed by atoms with Gasteiger partial charge in [-0.05, 0) is 334 Å². The number of hydrogen-bond acceptors (Lipinski definition) is 20. The average molecular weight is 2010 g/mol. The monoisotopic (exact) mass is 2010 g/mol. The number of fused-ring (bicyclic) bond motifs is 16. The number of aliphatic hydroxyl groups excluding tert-OH is 7. The Morgan fingerprint density at radius 3 is 1.08 bits per heavy atom. The molecule has 0 radical (unpaired) electrons. The molecule has 17 aliphatic carbocycles. The molecule has 1 aliphatic heterocycles. The van der Waals surface area contributed by atoms with Gasteiger partial charge in [0.2, 0.25) is 17.7 Å². The summed E-state index contributed by atoms with van der Waals surface area (Å²) in [5.74, 6) is 4.84. The number of nitrogens with zero attached hydrogens (tertiary/aromatic N) is 5. The van der Waals surface area contributed by atoms with E-state index in [0.29, 0.717) is 73.5 Å². The predicted octanol–water partition coefficient (Wildman–Crippen LogP) is 16.9. The van der Waals surface area contributed by atoms with E-state index in [9.17, 15) is 69.3 Å². The number of nitrogens with one attached hydrogen (secondary N) is 3. The van der Waals surface area contributed by atoms with Crippen LogP contribution in [0.5, 0.6) is 0 Å². The average Bonchev–Trinajstić information content (AvgIpc) is 1.45. The van der Waals surface area contributed by atoms with E-state index in [1.54, 1.807) is 0 Å². The Bertz CT molecular complexity index is 4760. The molecule has 18 rings (SSSR count). The molecule has 0 aromatic carbocycles. The lowest BCUT2D eigenvalue weighted by atomic mass is 9.41. The molecule has 1 heterocycles. The third-order valence-electron chi connectivity index (χ3n) is 49.8. The molecule has 3 amide bonds. The maximum absolute atomic E-state index is 14.4. The second-order valence-electron chi connectivity index (χ2n) is 56.1. The normalized spacial score (nSPS) is 48.1. The van der Waals surface area contributed by atoms with Gasteiger partial charge in [0, 0.05) is 161 Å². The molecule has 18 aliphatic rings. The highest BCUT2D eigenvalue weighted by Gasteiger charge is 2.87. The molecule has 23 nitrogen and oxygen atoms in total. The summed E-state index contributed by atoms with van der Waals surface area (Å²) < 4.78 is 5.98. The van der Waals surface area contributed by atoms with Crippen molar-refractivity contribution < 1.29 is 74.0 Å². The van der Waals surface area contributed by atoms with Crippen LogP contribution in [0.4, 0.5) is 0 Å². The minimum Gasteiger partial charge on any atom is -0.481 e. The van der Waals surface area contributed by atoms with E-state index in [1.165, 1.54) is 16.7 Å². The Morgan fingerprint density at radius 1 is 0.410 bits per heavy atom. The molecule has 2 spiro atoms. The Labute approximate surface area is 868 Å². The number of hydrogen-bond donors (Lipinski definition) is 10. The minimum atomic E-state index is -0.453. The number of carbonyl (C=O) groups is 7. The standard InChI is InChI=1S/3C31H52N2O4.C28H44N2O3/c1-9-18(2)26(37)32-23-12-13-30-16-31(30)22(11-10-21(30)27(23,4)17-34)28(5)14-20(35)25(19(3)33(7)8)29(28,6)15-24(31)36;2*1-9-18(2)28(37)32-26-13-10-20-14-21-23(12-11-22(20)29(26,4)17-34)30(5)16-25(36)27(19(3)33(7)8)31(30,6)15-24(21)35;1-16(30(6)7)25-23(32)14-27(4)21-10-9-20-18(12-19(21)22(31)13-28(25,27)5)8-11-24-26(20,3)15-33-17(2)29-24/h18-23,25,34-35H,9-17H2,1-8H3,(H,32,37);2*10,18-19,21-23,25-27,34,36H,9,11-17H2,1-8H3,(H,32,37);8,16,19-21,23-25,32H,9-15H2,1-7H3/t18?,19-,20+,21-,22-,23-,25-,27-,28-,29+,30?,31-;2*18?,19-,21+,22+,23+,25+,26-,27-,29-,30-,31+;16-,19+,20+,21+,23+,24-,25-,26-,27-,28+/m0000/s1. The largest absolute Gasteiger partial charge is 0.481 e. The summed E-state index contributed by atoms with van der Waals surface area (Å²) in [7, 11) is 16.6. The van der Waals surface area contributed by atoms with Gasteiger partial charge in [0.05, 0.1) is 56.9 Å². The third kappa shape index (κ3) is 17.3. The SMILES string of the molecule is CC1=N[C@H]2CC=C3C[C@H]4C(=O)C[C@]5(C)[C@@H]([C@H](C)N(C)C)[C@H](O)C[C@@]5(C)[C@@H]4CC[C@H]3[C@]2(C)CO1.CCC(C)C(=O)N[C@H]1CC=C2C[C@H]3C(=O)C[C@]4(C)[C@@H]([C@H](C)N(C)C)[C@H](O)C[C@@]4(C)[C@@H]3CC[C@H]2[C@]1(C)CO.CCC(C)C(=O)N[C@H]1CC=C2C[C@H]3C(=O)C[C@]4(C)[C@@H]([C@H](C)N(C)C)[C@H](O)C[C@@]4(C)[C@@H]3CC[C@H]2[C@]1(C)CO.CCC(C)C(=O)N[C@H]1CCC23C[C@]24C(=O)C[C@]2(C)[C@@H]([C@H](C)N(C)C)[C@H](O)C[C@@]2(C)[C@@H]4CC[C@H]3[C@]1(C)CO. The fraction of sp³-hybridized carbons (Fsp3) is 0.884. The highest BCUT2D eigenvalue weighted by Crippen LogP contribution is 2.88. The van der Waals surface area contributed by atoms with Gasteiger partial charge in [-0.15, -0.1) is 0 Å². The molecular formula is C121H200N8O15. The van der Waals surface area contributed by atoms with E-state index in [4.69, 9.17) is 9.73 Å². The van der Waals surface area contributed by atoms with Crippen molar-refractivity contribution >= 4 is 46.8 Å². The van der Waals surface area contributed by atoms with Crippen molar-refractivity contribution in [3.05, 3.63) is 34.9 Å². The van der Waals surface area contributed by atoms with Gasteiger partial charge < -0.3 is 76.0 Å². The van der Waals surface area contributed by atoms with Crippen molar-refractivity contribution in [2.24, 2.45) is 187 Å². The van der Waals surface area contributed by atoms with Gasteiger partial charge in [0.15, 0.2) is 5.90 Å². The number of ether oxygens (including phenoxy) is 1. The molecule has 0 bridgehead atoms. The Balaban J connectivity index is 0.000000145. The summed E-state index contributed by atoms with van der Waals surface area (Å²) in [5, 5.41) is 87.7. The first-order valence-corrected chi connectivity index (χ1v) is 57.6. The molecule has 814 valence electrons. The summed E-state index contributed by atoms with van der Waals surface area (Å²) in [6, 6.07) is 0.843. The number of carbonyl (C=O) groups excluding carboxylic acids is 7. The van der Waals surface area contributed by atoms with Crippen LogP contribution in [0.3, 0.4) is 0 Å². The van der Waals surface area contributed by atoms with Gasteiger partial charge in [0.25, 0.3) is 0 Å². The van der Waals surface area contributed by atoms with Gasteiger partial charge in [-0.1, -0.05) is 160 Å². The van der Waals surface area contributed by atoms with Crippen LogP contribution < -0.4 is 16.0 Å². The van der Waals surface area contributed by atoms with Crippen LogP contribution in [0.2, 0.25) is 0 Å². The highest BCUT2D eigenvalue weighted by atomic mass is 16.5. The number of amides is 3. The number of aliphatic imine (C=N–C) groups is 1. The summed E-state index contributed by atoms with van der Waals surface area (Å²) in [6.45, 7) is 51.0. The van der Waals surface area contributed by atoms with Crippen molar-refractivity contribution in [3.63, 3.8) is 0 Å². The molecule has 0 aromatic heterocycles. The topological polar surface area (TPSA) is 332 Å². The maximum Gasteiger partial charge on any atom is 0.223 e. The van der Waals surface area contributed by atoms with Gasteiger partial charge in [-0.2, -0.15) is 0 Å². The zero-order chi connectivity index (χ0) is 106. The summed E-state index contributed by atoms with van der Waals surface area (Å²) in [6.07, 6.45) is 28.4. The molecule has 23 heteroatoms. The number of Topliss-reactive ketones (excluding diaryl/α,β-unsaturated/α-hetero) is 4. The molecule has 0 aromatic rings. The molecular weight excluding hydrogens is 1810 g/mol. The van der Waals surface area contributed by atoms with Crippen molar-refractivity contribution in [1.29, 1.82) is 0 Å². The number of ketones is 4. The number of aliphatic hydroxyl groups is 7. The van der Waals surface area contributed by atoms with Crippen LogP contribution in [-0.2, 0) is 38.3 Å². The van der Waals surface area contributed by atoms with Gasteiger partial charge >= 0.3 is 0 Å². The fourth-order valence-electron chi connectivity index (χ4n) is 38.8. The van der Waals surface area contributed by atoms with Crippen molar-refractivity contribution in [3.8, 4) is 0 Å². The summed E-state index contributed by atoms with van der Waals surface area (Å²) in [5.41, 5.74) is 1.17. The van der Waals surface area contributed by atoms with Crippen LogP contribution in [0, 0.1) is 182 Å².